The highest BCUT2D eigenvalue weighted by Gasteiger charge is 2.20. The first-order chi connectivity index (χ1) is 16.6. The van der Waals surface area contributed by atoms with Gasteiger partial charge in [-0.15, -0.1) is 4.99 Å². The van der Waals surface area contributed by atoms with E-state index in [1.807, 2.05) is 6.92 Å². The second-order valence-electron chi connectivity index (χ2n) is 9.91. The zero-order chi connectivity index (χ0) is 27.1. The van der Waals surface area contributed by atoms with Gasteiger partial charge >= 0.3 is 18.2 Å². The standard InChI is InChI=1S/C26H33N3O7/c1-16-14-20(13-10-18(16)15-30)34-21(31)17-8-11-19(12-9-17)27-22(28-23(32)35-25(2,3)4)29-24(33)36-26(5,6)7/h8-14,30H,15H2,1-7H3,(H2,27,28,29,32,33). The van der Waals surface area contributed by atoms with E-state index in [2.05, 4.69) is 15.6 Å². The molecule has 0 unspecified atom stereocenters. The van der Waals surface area contributed by atoms with E-state index < -0.39 is 29.4 Å². The Labute approximate surface area is 210 Å². The zero-order valence-electron chi connectivity index (χ0n) is 21.6. The number of hydrogen-bond donors (Lipinski definition) is 3. The number of aryl methyl sites for hydroxylation is 1. The van der Waals surface area contributed by atoms with E-state index in [-0.39, 0.29) is 18.1 Å². The molecule has 0 saturated heterocycles. The molecule has 0 spiro atoms. The maximum absolute atomic E-state index is 12.5. The van der Waals surface area contributed by atoms with Gasteiger partial charge in [-0.25, -0.2) is 14.4 Å². The molecular weight excluding hydrogens is 466 g/mol. The van der Waals surface area contributed by atoms with Gasteiger partial charge in [0.05, 0.1) is 12.2 Å². The first-order valence-electron chi connectivity index (χ1n) is 11.3. The lowest BCUT2D eigenvalue weighted by atomic mass is 10.1. The number of nitrogens with one attached hydrogen (secondary N) is 2. The fraction of sp³-hybridized carbons (Fsp3) is 0.385. The van der Waals surface area contributed by atoms with Crippen molar-refractivity contribution in [3.05, 3.63) is 59.2 Å². The Balaban J connectivity index is 2.15. The van der Waals surface area contributed by atoms with Gasteiger partial charge in [0.2, 0.25) is 5.96 Å². The van der Waals surface area contributed by atoms with Crippen LogP contribution < -0.4 is 15.4 Å². The number of guanidine groups is 1. The SMILES string of the molecule is Cc1cc(OC(=O)c2ccc(NC(=NC(=O)OC(C)(C)C)NC(=O)OC(C)(C)C)cc2)ccc1CO. The zero-order valence-corrected chi connectivity index (χ0v) is 21.6. The van der Waals surface area contributed by atoms with Gasteiger partial charge in [-0.3, -0.25) is 5.32 Å². The number of carbonyl (C=O) groups excluding carboxylic acids is 3. The number of hydrogen-bond acceptors (Lipinski definition) is 7. The van der Waals surface area contributed by atoms with E-state index in [0.717, 1.165) is 11.1 Å². The topological polar surface area (TPSA) is 136 Å². The van der Waals surface area contributed by atoms with E-state index in [0.29, 0.717) is 11.4 Å². The van der Waals surface area contributed by atoms with Crippen LogP contribution in [-0.2, 0) is 16.1 Å². The number of amides is 2. The van der Waals surface area contributed by atoms with Crippen molar-refractivity contribution in [1.29, 1.82) is 0 Å². The first-order valence-corrected chi connectivity index (χ1v) is 11.3. The summed E-state index contributed by atoms with van der Waals surface area (Å²) in [5.41, 5.74) is 0.699. The fourth-order valence-corrected chi connectivity index (χ4v) is 2.77. The molecule has 0 saturated carbocycles. The van der Waals surface area contributed by atoms with E-state index in [1.54, 1.807) is 71.9 Å². The molecule has 10 heteroatoms. The minimum Gasteiger partial charge on any atom is -0.444 e. The Morgan fingerprint density at radius 1 is 0.917 bits per heavy atom. The summed E-state index contributed by atoms with van der Waals surface area (Å²) in [5, 5.41) is 14.5. The summed E-state index contributed by atoms with van der Waals surface area (Å²) in [4.78, 5) is 40.7. The van der Waals surface area contributed by atoms with Crippen molar-refractivity contribution in [2.24, 2.45) is 4.99 Å². The molecule has 0 bridgehead atoms. The maximum atomic E-state index is 12.5. The molecule has 36 heavy (non-hydrogen) atoms. The predicted octanol–water partition coefficient (Wildman–Crippen LogP) is 4.93. The summed E-state index contributed by atoms with van der Waals surface area (Å²) < 4.78 is 15.8. The van der Waals surface area contributed by atoms with Crippen LogP contribution >= 0.6 is 0 Å². The summed E-state index contributed by atoms with van der Waals surface area (Å²) in [6, 6.07) is 11.1. The fourth-order valence-electron chi connectivity index (χ4n) is 2.77. The number of alkyl carbamates (subject to hydrolysis) is 1. The van der Waals surface area contributed by atoms with E-state index >= 15 is 0 Å². The third-order valence-electron chi connectivity index (χ3n) is 4.29. The van der Waals surface area contributed by atoms with Gasteiger partial charge in [0.15, 0.2) is 0 Å². The Hall–Kier alpha value is -3.92. The highest BCUT2D eigenvalue weighted by atomic mass is 16.6. The number of ether oxygens (including phenoxy) is 3. The quantitative estimate of drug-likeness (QED) is 0.233. The highest BCUT2D eigenvalue weighted by Crippen LogP contribution is 2.19. The molecular formula is C26H33N3O7. The van der Waals surface area contributed by atoms with Gasteiger partial charge in [-0.2, -0.15) is 0 Å². The number of benzene rings is 2. The number of rotatable bonds is 4. The van der Waals surface area contributed by atoms with E-state index in [9.17, 15) is 19.5 Å². The molecule has 2 aromatic rings. The molecule has 10 nitrogen and oxygen atoms in total. The molecule has 2 aromatic carbocycles. The minimum atomic E-state index is -0.913. The molecule has 2 amide bonds. The lowest BCUT2D eigenvalue weighted by Crippen LogP contribution is -2.40. The lowest BCUT2D eigenvalue weighted by molar-refractivity contribution is 0.0561. The molecule has 0 aliphatic heterocycles. The molecule has 0 aliphatic rings. The molecule has 0 radical (unpaired) electrons. The van der Waals surface area contributed by atoms with Gasteiger partial charge in [0.25, 0.3) is 0 Å². The third-order valence-corrected chi connectivity index (χ3v) is 4.29. The van der Waals surface area contributed by atoms with Gasteiger partial charge in [0, 0.05) is 5.69 Å². The largest absolute Gasteiger partial charge is 0.444 e. The van der Waals surface area contributed by atoms with Crippen molar-refractivity contribution in [3.8, 4) is 5.75 Å². The molecule has 0 aromatic heterocycles. The molecule has 194 valence electrons. The summed E-state index contributed by atoms with van der Waals surface area (Å²) in [5.74, 6) is -0.439. The lowest BCUT2D eigenvalue weighted by Gasteiger charge is -2.21. The molecule has 0 atom stereocenters. The number of aliphatic hydroxyl groups excluding tert-OH is 1. The second-order valence-corrected chi connectivity index (χ2v) is 9.91. The van der Waals surface area contributed by atoms with Crippen molar-refractivity contribution in [1.82, 2.24) is 5.32 Å². The van der Waals surface area contributed by atoms with Crippen molar-refractivity contribution >= 4 is 29.8 Å². The first kappa shape index (κ1) is 28.3. The van der Waals surface area contributed by atoms with Gasteiger partial charge in [-0.05, 0) is 96.0 Å². The minimum absolute atomic E-state index is 0.101. The number of aliphatic imine (C=N–C) groups is 1. The summed E-state index contributed by atoms with van der Waals surface area (Å²) >= 11 is 0. The average Bonchev–Trinajstić information content (AvgIpc) is 2.71. The summed E-state index contributed by atoms with van der Waals surface area (Å²) in [6.45, 7) is 11.9. The number of nitrogens with zero attached hydrogens (tertiary/aromatic N) is 1. The van der Waals surface area contributed by atoms with Crippen LogP contribution in [0.15, 0.2) is 47.5 Å². The number of carbonyl (C=O) groups is 3. The van der Waals surface area contributed by atoms with Crippen molar-refractivity contribution in [3.63, 3.8) is 0 Å². The van der Waals surface area contributed by atoms with Crippen LogP contribution in [0.3, 0.4) is 0 Å². The Morgan fingerprint density at radius 2 is 1.53 bits per heavy atom. The molecule has 0 fully saturated rings. The Morgan fingerprint density at radius 3 is 2.06 bits per heavy atom. The van der Waals surface area contributed by atoms with Gasteiger partial charge in [-0.1, -0.05) is 6.07 Å². The Kier molecular flexibility index (Phi) is 9.18. The van der Waals surface area contributed by atoms with E-state index in [1.165, 1.54) is 12.1 Å². The summed E-state index contributed by atoms with van der Waals surface area (Å²) in [7, 11) is 0. The number of aliphatic hydroxyl groups is 1. The normalized spacial score (nSPS) is 11.9. The Bertz CT molecular complexity index is 1130. The number of anilines is 1. The number of esters is 1. The molecule has 2 rings (SSSR count). The van der Waals surface area contributed by atoms with Crippen molar-refractivity contribution < 1.29 is 33.7 Å². The smallest absolute Gasteiger partial charge is 0.437 e. The molecule has 0 aliphatic carbocycles. The van der Waals surface area contributed by atoms with E-state index in [4.69, 9.17) is 14.2 Å². The van der Waals surface area contributed by atoms with Crippen molar-refractivity contribution in [2.75, 3.05) is 5.32 Å². The highest BCUT2D eigenvalue weighted by molar-refractivity contribution is 6.06. The maximum Gasteiger partial charge on any atom is 0.437 e. The molecule has 3 N–H and O–H groups in total. The van der Waals surface area contributed by atoms with Crippen LogP contribution in [0, 0.1) is 6.92 Å². The predicted molar refractivity (Wildman–Crippen MR) is 135 cm³/mol. The third kappa shape index (κ3) is 9.75. The van der Waals surface area contributed by atoms with Crippen LogP contribution in [0.1, 0.15) is 63.0 Å². The van der Waals surface area contributed by atoms with Crippen LogP contribution in [-0.4, -0.2) is 40.4 Å². The van der Waals surface area contributed by atoms with Crippen LogP contribution in [0.25, 0.3) is 0 Å². The monoisotopic (exact) mass is 499 g/mol. The van der Waals surface area contributed by atoms with Gasteiger partial charge in [0.1, 0.15) is 17.0 Å². The van der Waals surface area contributed by atoms with Crippen molar-refractivity contribution in [2.45, 2.75) is 66.3 Å². The summed E-state index contributed by atoms with van der Waals surface area (Å²) in [6.07, 6.45) is -1.73. The van der Waals surface area contributed by atoms with Crippen LogP contribution in [0.4, 0.5) is 15.3 Å². The molecule has 0 heterocycles. The van der Waals surface area contributed by atoms with Gasteiger partial charge < -0.3 is 24.6 Å². The second kappa shape index (κ2) is 11.7. The van der Waals surface area contributed by atoms with Crippen LogP contribution in [0.2, 0.25) is 0 Å². The van der Waals surface area contributed by atoms with Crippen LogP contribution in [0.5, 0.6) is 5.75 Å². The average molecular weight is 500 g/mol.